The normalized spacial score (nSPS) is 19.8. The number of carbonyl (C=O) groups excluding carboxylic acids is 1. The van der Waals surface area contributed by atoms with Crippen LogP contribution >= 0.6 is 15.9 Å². The first-order valence-corrected chi connectivity index (χ1v) is 10.2. The van der Waals surface area contributed by atoms with Gasteiger partial charge in [0.25, 0.3) is 0 Å². The van der Waals surface area contributed by atoms with Crippen molar-refractivity contribution in [1.82, 2.24) is 20.2 Å². The molecule has 1 atom stereocenters. The number of esters is 1. The van der Waals surface area contributed by atoms with E-state index in [0.29, 0.717) is 23.0 Å². The van der Waals surface area contributed by atoms with E-state index in [1.165, 1.54) is 6.42 Å². The molecule has 1 N–H and O–H groups in total. The SMILES string of the molecule is COc1ccc(C2C(C(=O)OC3CCCCC3)=C(C)Nc3nnnn32)cc1Br. The molecular weight excluding hydrogens is 426 g/mol. The number of rotatable bonds is 4. The van der Waals surface area contributed by atoms with Gasteiger partial charge in [-0.25, -0.2) is 4.79 Å². The minimum Gasteiger partial charge on any atom is -0.496 e. The van der Waals surface area contributed by atoms with Crippen molar-refractivity contribution >= 4 is 27.8 Å². The molecule has 2 heterocycles. The third-order valence-electron chi connectivity index (χ3n) is 5.25. The highest BCUT2D eigenvalue weighted by Gasteiger charge is 2.36. The van der Waals surface area contributed by atoms with Crippen LogP contribution in [0, 0.1) is 0 Å². The van der Waals surface area contributed by atoms with Gasteiger partial charge in [-0.3, -0.25) is 0 Å². The summed E-state index contributed by atoms with van der Waals surface area (Å²) in [5, 5.41) is 15.0. The fourth-order valence-corrected chi connectivity index (χ4v) is 4.39. The number of allylic oxidation sites excluding steroid dienone is 1. The third-order valence-corrected chi connectivity index (χ3v) is 5.87. The van der Waals surface area contributed by atoms with Crippen LogP contribution in [0.1, 0.15) is 50.6 Å². The van der Waals surface area contributed by atoms with Crippen LogP contribution in [0.5, 0.6) is 5.75 Å². The highest BCUT2D eigenvalue weighted by Crippen LogP contribution is 2.38. The molecule has 9 heteroatoms. The minimum atomic E-state index is -0.482. The Kier molecular flexibility index (Phi) is 5.34. The zero-order chi connectivity index (χ0) is 19.7. The average Bonchev–Trinajstić information content (AvgIpc) is 3.15. The van der Waals surface area contributed by atoms with Gasteiger partial charge in [0.1, 0.15) is 17.9 Å². The fraction of sp³-hybridized carbons (Fsp3) is 0.474. The van der Waals surface area contributed by atoms with E-state index in [1.807, 2.05) is 25.1 Å². The number of aromatic nitrogens is 4. The summed E-state index contributed by atoms with van der Waals surface area (Å²) in [6.45, 7) is 1.85. The summed E-state index contributed by atoms with van der Waals surface area (Å²) < 4.78 is 13.6. The van der Waals surface area contributed by atoms with Crippen LogP contribution in [0.25, 0.3) is 0 Å². The molecule has 28 heavy (non-hydrogen) atoms. The minimum absolute atomic E-state index is 0.0277. The van der Waals surface area contributed by atoms with E-state index in [4.69, 9.17) is 9.47 Å². The molecule has 0 saturated heterocycles. The number of halogens is 1. The molecule has 1 aromatic carbocycles. The summed E-state index contributed by atoms with van der Waals surface area (Å²) in [5.74, 6) is 0.875. The summed E-state index contributed by atoms with van der Waals surface area (Å²) in [6.07, 6.45) is 5.20. The van der Waals surface area contributed by atoms with E-state index in [9.17, 15) is 4.79 Å². The van der Waals surface area contributed by atoms with Crippen LogP contribution in [0.4, 0.5) is 5.95 Å². The first kappa shape index (κ1) is 18.9. The largest absolute Gasteiger partial charge is 0.496 e. The maximum absolute atomic E-state index is 13.2. The molecular formula is C19H22BrN5O3. The average molecular weight is 448 g/mol. The first-order chi connectivity index (χ1) is 13.6. The molecule has 1 fully saturated rings. The van der Waals surface area contributed by atoms with Gasteiger partial charge in [0.15, 0.2) is 0 Å². The van der Waals surface area contributed by atoms with E-state index in [1.54, 1.807) is 11.8 Å². The van der Waals surface area contributed by atoms with Gasteiger partial charge < -0.3 is 14.8 Å². The smallest absolute Gasteiger partial charge is 0.338 e. The van der Waals surface area contributed by atoms with E-state index in [-0.39, 0.29) is 12.1 Å². The molecule has 2 aliphatic rings. The Morgan fingerprint density at radius 1 is 1.29 bits per heavy atom. The van der Waals surface area contributed by atoms with Gasteiger partial charge in [-0.05, 0) is 76.7 Å². The molecule has 1 aliphatic heterocycles. The lowest BCUT2D eigenvalue weighted by molar-refractivity contribution is -0.146. The molecule has 8 nitrogen and oxygen atoms in total. The second kappa shape index (κ2) is 7.90. The molecule has 1 saturated carbocycles. The lowest BCUT2D eigenvalue weighted by atomic mass is 9.95. The van der Waals surface area contributed by atoms with Gasteiger partial charge in [0, 0.05) is 5.70 Å². The molecule has 0 spiro atoms. The van der Waals surface area contributed by atoms with Gasteiger partial charge in [-0.15, -0.1) is 0 Å². The second-order valence-electron chi connectivity index (χ2n) is 7.07. The Morgan fingerprint density at radius 3 is 2.79 bits per heavy atom. The standard InChI is InChI=1S/C19H22BrN5O3/c1-11-16(18(26)28-13-6-4-3-5-7-13)17(25-19(21-11)22-23-24-25)12-8-9-15(27-2)14(20)10-12/h8-10,13,17H,3-7H2,1-2H3,(H,21,22,24). The van der Waals surface area contributed by atoms with Crippen LogP contribution in [0.15, 0.2) is 33.9 Å². The van der Waals surface area contributed by atoms with Gasteiger partial charge in [0.2, 0.25) is 5.95 Å². The Bertz CT molecular complexity index is 920. The Morgan fingerprint density at radius 2 is 2.07 bits per heavy atom. The lowest BCUT2D eigenvalue weighted by Crippen LogP contribution is -2.32. The molecule has 0 bridgehead atoms. The molecule has 4 rings (SSSR count). The van der Waals surface area contributed by atoms with Crippen molar-refractivity contribution in [3.63, 3.8) is 0 Å². The van der Waals surface area contributed by atoms with E-state index >= 15 is 0 Å². The molecule has 1 unspecified atom stereocenters. The zero-order valence-electron chi connectivity index (χ0n) is 15.8. The van der Waals surface area contributed by atoms with Crippen molar-refractivity contribution < 1.29 is 14.3 Å². The number of anilines is 1. The second-order valence-corrected chi connectivity index (χ2v) is 7.93. The maximum Gasteiger partial charge on any atom is 0.338 e. The molecule has 0 amide bonds. The number of fused-ring (bicyclic) bond motifs is 1. The number of methoxy groups -OCH3 is 1. The van der Waals surface area contributed by atoms with Gasteiger partial charge in [0.05, 0.1) is 17.2 Å². The molecule has 148 valence electrons. The van der Waals surface area contributed by atoms with Crippen LogP contribution in [-0.2, 0) is 9.53 Å². The predicted molar refractivity (Wildman–Crippen MR) is 106 cm³/mol. The van der Waals surface area contributed by atoms with Crippen molar-refractivity contribution in [3.05, 3.63) is 39.5 Å². The fourth-order valence-electron chi connectivity index (χ4n) is 3.84. The van der Waals surface area contributed by atoms with Crippen LogP contribution < -0.4 is 10.1 Å². The number of hydrogen-bond donors (Lipinski definition) is 1. The highest BCUT2D eigenvalue weighted by atomic mass is 79.9. The number of ether oxygens (including phenoxy) is 2. The highest BCUT2D eigenvalue weighted by molar-refractivity contribution is 9.10. The van der Waals surface area contributed by atoms with Gasteiger partial charge >= 0.3 is 5.97 Å². The van der Waals surface area contributed by atoms with E-state index < -0.39 is 6.04 Å². The number of nitrogens with one attached hydrogen (secondary N) is 1. The third kappa shape index (κ3) is 3.50. The number of benzene rings is 1. The monoisotopic (exact) mass is 447 g/mol. The van der Waals surface area contributed by atoms with Crippen molar-refractivity contribution in [1.29, 1.82) is 0 Å². The number of nitrogens with zero attached hydrogens (tertiary/aromatic N) is 4. The zero-order valence-corrected chi connectivity index (χ0v) is 17.4. The molecule has 2 aromatic rings. The summed E-state index contributed by atoms with van der Waals surface area (Å²) >= 11 is 3.52. The quantitative estimate of drug-likeness (QED) is 0.715. The van der Waals surface area contributed by atoms with Gasteiger partial charge in [-0.1, -0.05) is 17.6 Å². The Hall–Kier alpha value is -2.42. The van der Waals surface area contributed by atoms with E-state index in [2.05, 4.69) is 36.8 Å². The molecule has 0 radical (unpaired) electrons. The Labute approximate surface area is 171 Å². The van der Waals surface area contributed by atoms with Crippen molar-refractivity contribution in [3.8, 4) is 5.75 Å². The van der Waals surface area contributed by atoms with Crippen LogP contribution in [0.3, 0.4) is 0 Å². The van der Waals surface area contributed by atoms with Crippen LogP contribution in [0.2, 0.25) is 0 Å². The summed E-state index contributed by atoms with van der Waals surface area (Å²) in [4.78, 5) is 13.2. The van der Waals surface area contributed by atoms with Crippen molar-refractivity contribution in [2.45, 2.75) is 51.2 Å². The summed E-state index contributed by atoms with van der Waals surface area (Å²) in [7, 11) is 1.61. The number of tetrazole rings is 1. The first-order valence-electron chi connectivity index (χ1n) is 9.38. The Balaban J connectivity index is 1.72. The van der Waals surface area contributed by atoms with Crippen LogP contribution in [-0.4, -0.2) is 39.4 Å². The van der Waals surface area contributed by atoms with Gasteiger partial charge in [-0.2, -0.15) is 4.68 Å². The molecule has 1 aliphatic carbocycles. The maximum atomic E-state index is 13.2. The lowest BCUT2D eigenvalue weighted by Gasteiger charge is -2.29. The predicted octanol–water partition coefficient (Wildman–Crippen LogP) is 3.61. The van der Waals surface area contributed by atoms with Crippen molar-refractivity contribution in [2.24, 2.45) is 0 Å². The van der Waals surface area contributed by atoms with Crippen molar-refractivity contribution in [2.75, 3.05) is 12.4 Å². The number of hydrogen-bond acceptors (Lipinski definition) is 7. The number of carbonyl (C=O) groups is 1. The summed E-state index contributed by atoms with van der Waals surface area (Å²) in [6, 6.07) is 5.20. The topological polar surface area (TPSA) is 91.2 Å². The molecule has 1 aromatic heterocycles. The van der Waals surface area contributed by atoms with E-state index in [0.717, 1.165) is 35.7 Å². The summed E-state index contributed by atoms with van der Waals surface area (Å²) in [5.41, 5.74) is 2.07.